The molecule has 1 unspecified atom stereocenters. The second-order valence-corrected chi connectivity index (χ2v) is 16.9. The molecule has 4 nitrogen and oxygen atoms in total. The van der Waals surface area contributed by atoms with E-state index in [1.807, 2.05) is 30.3 Å². The van der Waals surface area contributed by atoms with Crippen LogP contribution in [0.1, 0.15) is 57.1 Å². The van der Waals surface area contributed by atoms with E-state index in [0.717, 1.165) is 51.0 Å². The van der Waals surface area contributed by atoms with Gasteiger partial charge in [0.25, 0.3) is 0 Å². The van der Waals surface area contributed by atoms with Crippen molar-refractivity contribution < 1.29 is 0 Å². The van der Waals surface area contributed by atoms with Crippen LogP contribution >= 0.6 is 0 Å². The molecule has 0 radical (unpaired) electrons. The Labute approximate surface area is 334 Å². The molecule has 2 bridgehead atoms. The van der Waals surface area contributed by atoms with E-state index >= 15 is 0 Å². The summed E-state index contributed by atoms with van der Waals surface area (Å²) in [6.07, 6.45) is 6.76. The van der Waals surface area contributed by atoms with Crippen LogP contribution in [0.15, 0.2) is 152 Å². The molecule has 4 heteroatoms. The molecule has 2 saturated carbocycles. The highest BCUT2D eigenvalue weighted by molar-refractivity contribution is 6.12. The molecular formula is C53H44N4. The lowest BCUT2D eigenvalue weighted by Gasteiger charge is -2.50. The molecule has 0 spiro atoms. The van der Waals surface area contributed by atoms with Crippen LogP contribution in [0.3, 0.4) is 0 Å². The number of nitriles is 1. The van der Waals surface area contributed by atoms with E-state index in [1.54, 1.807) is 0 Å². The predicted molar refractivity (Wildman–Crippen MR) is 233 cm³/mol. The third kappa shape index (κ3) is 6.58. The smallest absolute Gasteiger partial charge is 0.164 e. The molecule has 0 saturated heterocycles. The molecule has 276 valence electrons. The second kappa shape index (κ2) is 14.3. The van der Waals surface area contributed by atoms with Gasteiger partial charge >= 0.3 is 0 Å². The first-order valence-electron chi connectivity index (χ1n) is 20.4. The number of nitrogens with zero attached hydrogens (tertiary/aromatic N) is 4. The Bertz CT molecular complexity index is 2780. The van der Waals surface area contributed by atoms with Crippen molar-refractivity contribution in [3.05, 3.63) is 163 Å². The summed E-state index contributed by atoms with van der Waals surface area (Å²) in [4.78, 5) is 15.1. The summed E-state index contributed by atoms with van der Waals surface area (Å²) < 4.78 is 0. The number of aromatic nitrogens is 3. The Morgan fingerprint density at radius 3 is 1.72 bits per heavy atom. The molecular weight excluding hydrogens is 693 g/mol. The zero-order chi connectivity index (χ0) is 38.5. The second-order valence-electron chi connectivity index (χ2n) is 16.9. The van der Waals surface area contributed by atoms with E-state index in [4.69, 9.17) is 15.0 Å². The summed E-state index contributed by atoms with van der Waals surface area (Å²) in [7, 11) is 0. The molecule has 7 aromatic carbocycles. The maximum Gasteiger partial charge on any atom is 0.164 e. The zero-order valence-corrected chi connectivity index (χ0v) is 32.5. The van der Waals surface area contributed by atoms with Crippen molar-refractivity contribution in [2.75, 3.05) is 0 Å². The van der Waals surface area contributed by atoms with E-state index in [1.165, 1.54) is 65.0 Å². The molecule has 1 heterocycles. The fraction of sp³-hybridized carbons (Fsp3) is 0.208. The lowest BCUT2D eigenvalue weighted by atomic mass is 9.54. The number of benzene rings is 7. The van der Waals surface area contributed by atoms with Crippen molar-refractivity contribution in [1.82, 2.24) is 15.0 Å². The fourth-order valence-corrected chi connectivity index (χ4v) is 10.4. The van der Waals surface area contributed by atoms with Crippen molar-refractivity contribution in [3.63, 3.8) is 0 Å². The Morgan fingerprint density at radius 2 is 1.05 bits per heavy atom. The van der Waals surface area contributed by atoms with Crippen LogP contribution in [0.25, 0.3) is 78.0 Å². The summed E-state index contributed by atoms with van der Waals surface area (Å²) in [5.74, 6) is 4.23. The van der Waals surface area contributed by atoms with Crippen molar-refractivity contribution in [2.45, 2.75) is 51.4 Å². The van der Waals surface area contributed by atoms with E-state index < -0.39 is 0 Å². The fourth-order valence-electron chi connectivity index (χ4n) is 10.4. The van der Waals surface area contributed by atoms with Crippen molar-refractivity contribution in [2.24, 2.45) is 17.8 Å². The van der Waals surface area contributed by atoms with Gasteiger partial charge in [-0.15, -0.1) is 0 Å². The third-order valence-corrected chi connectivity index (χ3v) is 12.7. The minimum atomic E-state index is 0.324. The van der Waals surface area contributed by atoms with Crippen molar-refractivity contribution >= 4 is 21.5 Å². The van der Waals surface area contributed by atoms with Crippen LogP contribution in [-0.4, -0.2) is 15.0 Å². The van der Waals surface area contributed by atoms with Crippen molar-refractivity contribution in [1.29, 1.82) is 5.26 Å². The van der Waals surface area contributed by atoms with Crippen LogP contribution in [-0.2, 0) is 5.41 Å². The normalized spacial score (nSPS) is 20.3. The highest BCUT2D eigenvalue weighted by atomic mass is 15.0. The summed E-state index contributed by atoms with van der Waals surface area (Å²) in [6, 6.07) is 55.7. The number of rotatable bonds is 6. The van der Waals surface area contributed by atoms with Crippen LogP contribution in [0.4, 0.5) is 0 Å². The molecule has 2 fully saturated rings. The van der Waals surface area contributed by atoms with Gasteiger partial charge in [-0.3, -0.25) is 0 Å². The van der Waals surface area contributed by atoms with Gasteiger partial charge in [-0.2, -0.15) is 5.26 Å². The maximum absolute atomic E-state index is 9.45. The third-order valence-electron chi connectivity index (χ3n) is 12.7. The van der Waals surface area contributed by atoms with Crippen LogP contribution in [0.5, 0.6) is 0 Å². The molecule has 4 atom stereocenters. The number of hydrogen-bond donors (Lipinski definition) is 0. The molecule has 2 aliphatic carbocycles. The SMILES string of the molecule is C[C@@H]1C[C@@H]2C[C@H](C)CC(c3ccc(-c4cccc5c4ccc4ccc(-c6nc(-c7ccc(C#N)cc7)nc(-c7ccc(-c8ccccc8)cc7)n6)cc45)cc3)(C1)C2. The van der Waals surface area contributed by atoms with Gasteiger partial charge < -0.3 is 0 Å². The van der Waals surface area contributed by atoms with Gasteiger partial charge in [0.2, 0.25) is 0 Å². The molecule has 8 aromatic rings. The number of hydrogen-bond acceptors (Lipinski definition) is 4. The van der Waals surface area contributed by atoms with Crippen LogP contribution in [0.2, 0.25) is 0 Å². The first-order chi connectivity index (χ1) is 27.9. The summed E-state index contributed by atoms with van der Waals surface area (Å²) in [5.41, 5.74) is 9.91. The minimum absolute atomic E-state index is 0.324. The largest absolute Gasteiger partial charge is 0.208 e. The molecule has 0 aliphatic heterocycles. The monoisotopic (exact) mass is 736 g/mol. The Kier molecular flexibility index (Phi) is 8.75. The molecule has 0 N–H and O–H groups in total. The highest BCUT2D eigenvalue weighted by Crippen LogP contribution is 2.54. The van der Waals surface area contributed by atoms with Gasteiger partial charge in [-0.25, -0.2) is 15.0 Å². The summed E-state index contributed by atoms with van der Waals surface area (Å²) in [6.45, 7) is 4.94. The van der Waals surface area contributed by atoms with Crippen LogP contribution < -0.4 is 0 Å². The quantitative estimate of drug-likeness (QED) is 0.159. The Morgan fingerprint density at radius 1 is 0.491 bits per heavy atom. The average molecular weight is 737 g/mol. The van der Waals surface area contributed by atoms with Gasteiger partial charge in [-0.1, -0.05) is 135 Å². The first-order valence-corrected chi connectivity index (χ1v) is 20.4. The zero-order valence-electron chi connectivity index (χ0n) is 32.5. The standard InChI is InChI=1S/C53H44N4/c1-34-27-37-28-35(2)31-53(30-34,32-37)45-24-21-40(22-25-45)46-9-6-10-47-48(46)26-23-41-17-20-44(29-49(41)47)52-56-50(42-13-11-36(33-54)12-14-42)55-51(57-52)43-18-15-39(16-19-43)38-7-4-3-5-8-38/h3-26,29,34-35,37H,27-28,30-32H2,1-2H3/t34-,35+,37-,53?. The molecule has 1 aromatic heterocycles. The highest BCUT2D eigenvalue weighted by Gasteiger charge is 2.45. The lowest BCUT2D eigenvalue weighted by Crippen LogP contribution is -2.42. The van der Waals surface area contributed by atoms with E-state index in [2.05, 4.69) is 141 Å². The van der Waals surface area contributed by atoms with Gasteiger partial charge in [0.15, 0.2) is 17.5 Å². The molecule has 2 aliphatic rings. The molecule has 0 amide bonds. The van der Waals surface area contributed by atoms with E-state index in [9.17, 15) is 5.26 Å². The summed E-state index contributed by atoms with van der Waals surface area (Å²) in [5, 5.41) is 14.2. The van der Waals surface area contributed by atoms with Gasteiger partial charge in [0.05, 0.1) is 11.6 Å². The van der Waals surface area contributed by atoms with Gasteiger partial charge in [0, 0.05) is 16.7 Å². The van der Waals surface area contributed by atoms with E-state index in [0.29, 0.717) is 28.5 Å². The average Bonchev–Trinajstić information content (AvgIpc) is 3.25. The molecule has 10 rings (SSSR count). The van der Waals surface area contributed by atoms with Gasteiger partial charge in [-0.05, 0) is 135 Å². The predicted octanol–water partition coefficient (Wildman–Crippen LogP) is 13.5. The van der Waals surface area contributed by atoms with E-state index in [-0.39, 0.29) is 0 Å². The Balaban J connectivity index is 1.04. The Hall–Kier alpha value is -6.44. The number of fused-ring (bicyclic) bond motifs is 5. The molecule has 57 heavy (non-hydrogen) atoms. The topological polar surface area (TPSA) is 62.5 Å². The summed E-state index contributed by atoms with van der Waals surface area (Å²) >= 11 is 0. The minimum Gasteiger partial charge on any atom is -0.208 e. The maximum atomic E-state index is 9.45. The lowest BCUT2D eigenvalue weighted by molar-refractivity contribution is 0.0780. The van der Waals surface area contributed by atoms with Gasteiger partial charge in [0.1, 0.15) is 0 Å². The first kappa shape index (κ1) is 35.0. The van der Waals surface area contributed by atoms with Crippen LogP contribution in [0, 0.1) is 29.1 Å². The van der Waals surface area contributed by atoms with Crippen molar-refractivity contribution in [3.8, 4) is 62.5 Å².